The summed E-state index contributed by atoms with van der Waals surface area (Å²) in [7, 11) is 0. The van der Waals surface area contributed by atoms with E-state index in [2.05, 4.69) is 68.0 Å². The van der Waals surface area contributed by atoms with E-state index in [4.69, 9.17) is 9.72 Å². The smallest absolute Gasteiger partial charge is 0.298 e. The number of hydrogen-bond acceptors (Lipinski definition) is 8. The molecule has 0 spiro atoms. The molecule has 0 unspecified atom stereocenters. The Morgan fingerprint density at radius 2 is 2.05 bits per heavy atom. The molecule has 3 aromatic rings. The molecule has 0 radical (unpaired) electrons. The molecule has 3 heterocycles. The maximum atomic E-state index is 12.2. The average molecular weight is 566 g/mol. The SMILES string of the molecule is CC#CC(=O)N1CCCN(CCNc2cc3cc(c2)Nc2nccc(n2)-c2cccc(c2)OCC/C=C/CNC3)CC1. The van der Waals surface area contributed by atoms with Crippen LogP contribution in [0, 0.1) is 11.8 Å². The van der Waals surface area contributed by atoms with Crippen molar-refractivity contribution < 1.29 is 9.53 Å². The summed E-state index contributed by atoms with van der Waals surface area (Å²) in [6, 6.07) is 16.3. The van der Waals surface area contributed by atoms with Gasteiger partial charge in [0.1, 0.15) is 5.75 Å². The number of carbonyl (C=O) groups is 1. The summed E-state index contributed by atoms with van der Waals surface area (Å²) in [5.74, 6) is 6.68. The third kappa shape index (κ3) is 8.56. The van der Waals surface area contributed by atoms with E-state index in [1.807, 2.05) is 35.2 Å². The number of fused-ring (bicyclic) bond motifs is 7. The fourth-order valence-electron chi connectivity index (χ4n) is 5.11. The highest BCUT2D eigenvalue weighted by atomic mass is 16.5. The van der Waals surface area contributed by atoms with E-state index in [1.165, 1.54) is 0 Å². The molecule has 9 nitrogen and oxygen atoms in total. The summed E-state index contributed by atoms with van der Waals surface area (Å²) in [5, 5.41) is 10.5. The molecule has 0 saturated carbocycles. The molecule has 42 heavy (non-hydrogen) atoms. The molecular formula is C33H39N7O2. The van der Waals surface area contributed by atoms with Crippen LogP contribution >= 0.6 is 0 Å². The summed E-state index contributed by atoms with van der Waals surface area (Å²) in [6.07, 6.45) is 7.87. The number of aromatic nitrogens is 2. The molecule has 0 aliphatic carbocycles. The van der Waals surface area contributed by atoms with E-state index in [1.54, 1.807) is 13.1 Å². The molecule has 2 aliphatic rings. The first-order valence-corrected chi connectivity index (χ1v) is 14.7. The van der Waals surface area contributed by atoms with Crippen molar-refractivity contribution in [3.8, 4) is 28.8 Å². The lowest BCUT2D eigenvalue weighted by molar-refractivity contribution is -0.125. The van der Waals surface area contributed by atoms with Gasteiger partial charge in [0.15, 0.2) is 0 Å². The van der Waals surface area contributed by atoms with Gasteiger partial charge < -0.3 is 25.6 Å². The van der Waals surface area contributed by atoms with Crippen LogP contribution in [0.2, 0.25) is 0 Å². The van der Waals surface area contributed by atoms with Crippen molar-refractivity contribution in [3.05, 3.63) is 72.4 Å². The molecular weight excluding hydrogens is 526 g/mol. The van der Waals surface area contributed by atoms with Gasteiger partial charge in [-0.3, -0.25) is 9.69 Å². The van der Waals surface area contributed by atoms with Crippen LogP contribution in [0.25, 0.3) is 11.3 Å². The average Bonchev–Trinajstić information content (AvgIpc) is 3.24. The van der Waals surface area contributed by atoms with Crippen molar-refractivity contribution in [2.75, 3.05) is 63.1 Å². The standard InChI is InChI=1S/C33H39N7O2/c1-2-8-32(41)40-16-7-15-39(18-19-40)17-14-35-28-21-26-22-29(24-28)37-33-36-13-11-31(38-33)27-9-6-10-30(23-27)42-20-5-3-4-12-34-25-26/h3-4,6,9-11,13,21-24,34-35H,5,7,12,14-20,25H2,1H3,(H,36,37,38)/b4-3+. The highest BCUT2D eigenvalue weighted by Crippen LogP contribution is 2.25. The fraction of sp³-hybridized carbons (Fsp3) is 0.364. The lowest BCUT2D eigenvalue weighted by Crippen LogP contribution is -2.35. The van der Waals surface area contributed by atoms with Crippen LogP contribution in [-0.4, -0.2) is 78.1 Å². The van der Waals surface area contributed by atoms with Crippen LogP contribution in [0.5, 0.6) is 5.75 Å². The molecule has 2 aliphatic heterocycles. The van der Waals surface area contributed by atoms with Crippen LogP contribution in [0.15, 0.2) is 66.9 Å². The maximum Gasteiger partial charge on any atom is 0.298 e. The van der Waals surface area contributed by atoms with Gasteiger partial charge in [0.05, 0.1) is 12.3 Å². The van der Waals surface area contributed by atoms with Crippen molar-refractivity contribution in [2.24, 2.45) is 0 Å². The highest BCUT2D eigenvalue weighted by Gasteiger charge is 2.17. The minimum absolute atomic E-state index is 0.0707. The van der Waals surface area contributed by atoms with Crippen molar-refractivity contribution in [3.63, 3.8) is 0 Å². The Balaban J connectivity index is 1.28. The monoisotopic (exact) mass is 565 g/mol. The number of rotatable bonds is 4. The summed E-state index contributed by atoms with van der Waals surface area (Å²) in [5.41, 5.74) is 4.92. The molecule has 3 N–H and O–H groups in total. The Kier molecular flexibility index (Phi) is 10.4. The number of ether oxygens (including phenoxy) is 1. The van der Waals surface area contributed by atoms with E-state index >= 15 is 0 Å². The zero-order chi connectivity index (χ0) is 29.0. The van der Waals surface area contributed by atoms with Crippen LogP contribution < -0.4 is 20.7 Å². The Morgan fingerprint density at radius 3 is 2.98 bits per heavy atom. The van der Waals surface area contributed by atoms with E-state index < -0.39 is 0 Å². The molecule has 1 amide bonds. The Hall–Kier alpha value is -4.39. The summed E-state index contributed by atoms with van der Waals surface area (Å²) in [4.78, 5) is 25.7. The van der Waals surface area contributed by atoms with Crippen molar-refractivity contribution in [1.82, 2.24) is 25.1 Å². The number of nitrogens with zero attached hydrogens (tertiary/aromatic N) is 4. The number of amides is 1. The van der Waals surface area contributed by atoms with Gasteiger partial charge in [0, 0.05) is 68.9 Å². The van der Waals surface area contributed by atoms with E-state index in [-0.39, 0.29) is 5.91 Å². The largest absolute Gasteiger partial charge is 0.493 e. The number of hydrogen-bond donors (Lipinski definition) is 3. The van der Waals surface area contributed by atoms with Gasteiger partial charge in [-0.1, -0.05) is 30.2 Å². The van der Waals surface area contributed by atoms with Crippen LogP contribution in [-0.2, 0) is 11.3 Å². The Labute approximate surface area is 248 Å². The third-order valence-corrected chi connectivity index (χ3v) is 7.21. The molecule has 0 atom stereocenters. The highest BCUT2D eigenvalue weighted by molar-refractivity contribution is 5.93. The van der Waals surface area contributed by atoms with Crippen LogP contribution in [0.3, 0.4) is 0 Å². The summed E-state index contributed by atoms with van der Waals surface area (Å²) in [6.45, 7) is 8.83. The molecule has 1 saturated heterocycles. The third-order valence-electron chi connectivity index (χ3n) is 7.21. The Bertz CT molecular complexity index is 1450. The lowest BCUT2D eigenvalue weighted by Gasteiger charge is -2.21. The first kappa shape index (κ1) is 29.1. The molecule has 6 bridgehead atoms. The van der Waals surface area contributed by atoms with E-state index in [9.17, 15) is 4.79 Å². The first-order valence-electron chi connectivity index (χ1n) is 14.7. The zero-order valence-electron chi connectivity index (χ0n) is 24.2. The number of carbonyl (C=O) groups excluding carboxylic acids is 1. The molecule has 5 rings (SSSR count). The molecule has 1 fully saturated rings. The summed E-state index contributed by atoms with van der Waals surface area (Å²) >= 11 is 0. The van der Waals surface area contributed by atoms with Gasteiger partial charge in [-0.15, -0.1) is 0 Å². The molecule has 2 aromatic carbocycles. The van der Waals surface area contributed by atoms with Crippen molar-refractivity contribution >= 4 is 23.2 Å². The van der Waals surface area contributed by atoms with Gasteiger partial charge in [0.2, 0.25) is 5.95 Å². The second-order valence-corrected chi connectivity index (χ2v) is 10.4. The van der Waals surface area contributed by atoms with Gasteiger partial charge in [0.25, 0.3) is 5.91 Å². The van der Waals surface area contributed by atoms with Crippen molar-refractivity contribution in [2.45, 2.75) is 26.3 Å². The minimum Gasteiger partial charge on any atom is -0.493 e. The second kappa shape index (κ2) is 15.0. The quantitative estimate of drug-likeness (QED) is 0.319. The predicted octanol–water partition coefficient (Wildman–Crippen LogP) is 4.29. The topological polar surface area (TPSA) is 94.7 Å². The predicted molar refractivity (Wildman–Crippen MR) is 168 cm³/mol. The maximum absolute atomic E-state index is 12.2. The van der Waals surface area contributed by atoms with E-state index in [0.29, 0.717) is 19.1 Å². The minimum atomic E-state index is -0.0707. The fourth-order valence-corrected chi connectivity index (χ4v) is 5.11. The first-order chi connectivity index (χ1) is 20.7. The zero-order valence-corrected chi connectivity index (χ0v) is 24.2. The molecule has 9 heteroatoms. The normalized spacial score (nSPS) is 16.7. The van der Waals surface area contributed by atoms with Gasteiger partial charge in [-0.05, 0) is 74.2 Å². The van der Waals surface area contributed by atoms with Gasteiger partial charge in [-0.25, -0.2) is 9.97 Å². The van der Waals surface area contributed by atoms with E-state index in [0.717, 1.165) is 92.6 Å². The summed E-state index contributed by atoms with van der Waals surface area (Å²) < 4.78 is 5.95. The van der Waals surface area contributed by atoms with Crippen LogP contribution in [0.1, 0.15) is 25.3 Å². The number of nitrogens with one attached hydrogen (secondary N) is 3. The van der Waals surface area contributed by atoms with Crippen molar-refractivity contribution in [1.29, 1.82) is 0 Å². The number of benzene rings is 2. The van der Waals surface area contributed by atoms with Gasteiger partial charge in [-0.2, -0.15) is 0 Å². The Morgan fingerprint density at radius 1 is 1.10 bits per heavy atom. The second-order valence-electron chi connectivity index (χ2n) is 10.4. The van der Waals surface area contributed by atoms with Crippen LogP contribution in [0.4, 0.5) is 17.3 Å². The molecule has 218 valence electrons. The van der Waals surface area contributed by atoms with Gasteiger partial charge >= 0.3 is 0 Å². The number of anilines is 3. The lowest BCUT2D eigenvalue weighted by atomic mass is 10.1. The molecule has 1 aromatic heterocycles.